The van der Waals surface area contributed by atoms with Crippen molar-refractivity contribution in [3.05, 3.63) is 65.0 Å². The van der Waals surface area contributed by atoms with Gasteiger partial charge in [-0.25, -0.2) is 4.98 Å². The second-order valence-corrected chi connectivity index (χ2v) is 4.97. The molecule has 0 amide bonds. The van der Waals surface area contributed by atoms with Crippen LogP contribution in [0.1, 0.15) is 27.4 Å². The van der Waals surface area contributed by atoms with Crippen molar-refractivity contribution in [1.29, 1.82) is 0 Å². The molecular formula is C17H15NO2. The molecule has 20 heavy (non-hydrogen) atoms. The Kier molecular flexibility index (Phi) is 3.11. The summed E-state index contributed by atoms with van der Waals surface area (Å²) >= 11 is 0. The lowest BCUT2D eigenvalue weighted by molar-refractivity contribution is 0.0986. The second-order valence-electron chi connectivity index (χ2n) is 4.97. The van der Waals surface area contributed by atoms with Crippen LogP contribution >= 0.6 is 0 Å². The van der Waals surface area contributed by atoms with Crippen molar-refractivity contribution < 1.29 is 9.21 Å². The van der Waals surface area contributed by atoms with E-state index in [0.717, 1.165) is 16.7 Å². The molecule has 0 N–H and O–H groups in total. The van der Waals surface area contributed by atoms with Crippen LogP contribution in [0.2, 0.25) is 0 Å². The van der Waals surface area contributed by atoms with Gasteiger partial charge >= 0.3 is 0 Å². The summed E-state index contributed by atoms with van der Waals surface area (Å²) in [6.07, 6.45) is 0.192. The van der Waals surface area contributed by atoms with Gasteiger partial charge in [-0.05, 0) is 43.2 Å². The number of hydrogen-bond donors (Lipinski definition) is 0. The highest BCUT2D eigenvalue weighted by Crippen LogP contribution is 2.17. The third kappa shape index (κ3) is 2.35. The largest absolute Gasteiger partial charge is 0.440 e. The molecule has 0 spiro atoms. The first-order valence-corrected chi connectivity index (χ1v) is 6.58. The maximum atomic E-state index is 12.3. The third-order valence-corrected chi connectivity index (χ3v) is 3.48. The fourth-order valence-electron chi connectivity index (χ4n) is 2.15. The number of ketones is 1. The van der Waals surface area contributed by atoms with Crippen LogP contribution in [0.15, 0.2) is 46.9 Å². The Labute approximate surface area is 117 Å². The number of hydrogen-bond acceptors (Lipinski definition) is 3. The van der Waals surface area contributed by atoms with Gasteiger partial charge in [-0.2, -0.15) is 0 Å². The summed E-state index contributed by atoms with van der Waals surface area (Å²) in [5.74, 6) is 0.495. The van der Waals surface area contributed by atoms with Gasteiger partial charge in [0.25, 0.3) is 0 Å². The van der Waals surface area contributed by atoms with Crippen molar-refractivity contribution in [3.63, 3.8) is 0 Å². The highest BCUT2D eigenvalue weighted by molar-refractivity contribution is 5.97. The molecular weight excluding hydrogens is 250 g/mol. The van der Waals surface area contributed by atoms with Gasteiger partial charge in [0.05, 0.1) is 6.42 Å². The lowest BCUT2D eigenvalue weighted by atomic mass is 10.0. The molecule has 0 saturated carbocycles. The van der Waals surface area contributed by atoms with E-state index in [2.05, 4.69) is 4.98 Å². The Hall–Kier alpha value is -2.42. The maximum Gasteiger partial charge on any atom is 0.203 e. The Morgan fingerprint density at radius 1 is 1.10 bits per heavy atom. The highest BCUT2D eigenvalue weighted by atomic mass is 16.3. The molecule has 2 aromatic carbocycles. The zero-order valence-corrected chi connectivity index (χ0v) is 11.5. The fraction of sp³-hybridized carbons (Fsp3) is 0.176. The van der Waals surface area contributed by atoms with E-state index in [4.69, 9.17) is 4.42 Å². The molecule has 0 saturated heterocycles. The molecule has 0 aliphatic heterocycles. The number of nitrogens with zero attached hydrogens (tertiary/aromatic N) is 1. The van der Waals surface area contributed by atoms with Gasteiger partial charge in [0.15, 0.2) is 11.4 Å². The minimum Gasteiger partial charge on any atom is -0.440 e. The number of aryl methyl sites for hydroxylation is 2. The molecule has 0 bridgehead atoms. The number of carbonyl (C=O) groups is 1. The van der Waals surface area contributed by atoms with Gasteiger partial charge in [-0.1, -0.05) is 24.3 Å². The van der Waals surface area contributed by atoms with Gasteiger partial charge in [-0.15, -0.1) is 0 Å². The smallest absolute Gasteiger partial charge is 0.203 e. The van der Waals surface area contributed by atoms with E-state index >= 15 is 0 Å². The summed E-state index contributed by atoms with van der Waals surface area (Å²) in [4.78, 5) is 16.6. The predicted octanol–water partition coefficient (Wildman–Crippen LogP) is 3.87. The van der Waals surface area contributed by atoms with E-state index in [-0.39, 0.29) is 12.2 Å². The average Bonchev–Trinajstić information content (AvgIpc) is 2.83. The summed E-state index contributed by atoms with van der Waals surface area (Å²) in [6, 6.07) is 13.3. The zero-order chi connectivity index (χ0) is 14.1. The van der Waals surface area contributed by atoms with Crippen molar-refractivity contribution in [2.75, 3.05) is 0 Å². The number of oxazole rings is 1. The van der Waals surface area contributed by atoms with Gasteiger partial charge in [0.2, 0.25) is 5.89 Å². The van der Waals surface area contributed by atoms with Crippen LogP contribution < -0.4 is 0 Å². The summed E-state index contributed by atoms with van der Waals surface area (Å²) in [5, 5.41) is 0. The summed E-state index contributed by atoms with van der Waals surface area (Å²) in [6.45, 7) is 4.04. The molecule has 3 aromatic rings. The average molecular weight is 265 g/mol. The number of benzene rings is 2. The first-order valence-electron chi connectivity index (χ1n) is 6.58. The van der Waals surface area contributed by atoms with Gasteiger partial charge < -0.3 is 4.42 Å². The number of carbonyl (C=O) groups excluding carboxylic acids is 1. The van der Waals surface area contributed by atoms with Crippen molar-refractivity contribution in [2.24, 2.45) is 0 Å². The minimum absolute atomic E-state index is 0.0275. The third-order valence-electron chi connectivity index (χ3n) is 3.48. The lowest BCUT2D eigenvalue weighted by Gasteiger charge is -2.03. The number of rotatable bonds is 3. The van der Waals surface area contributed by atoms with Crippen LogP contribution in [0.25, 0.3) is 11.1 Å². The molecule has 3 rings (SSSR count). The Bertz CT molecular complexity index is 754. The number of fused-ring (bicyclic) bond motifs is 1. The van der Waals surface area contributed by atoms with E-state index in [0.29, 0.717) is 11.5 Å². The molecule has 100 valence electrons. The van der Waals surface area contributed by atoms with Crippen molar-refractivity contribution in [2.45, 2.75) is 20.3 Å². The molecule has 1 heterocycles. The Morgan fingerprint density at radius 2 is 1.90 bits per heavy atom. The number of aromatic nitrogens is 1. The molecule has 3 nitrogen and oxygen atoms in total. The summed E-state index contributed by atoms with van der Waals surface area (Å²) in [7, 11) is 0. The number of Topliss-reactive ketones (excluding diaryl/α,β-unsaturated/α-hetero) is 1. The van der Waals surface area contributed by atoms with Crippen LogP contribution in [0, 0.1) is 13.8 Å². The predicted molar refractivity (Wildman–Crippen MR) is 78.0 cm³/mol. The molecule has 0 atom stereocenters. The van der Waals surface area contributed by atoms with E-state index in [1.807, 2.05) is 56.3 Å². The maximum absolute atomic E-state index is 12.3. The molecule has 0 aliphatic carbocycles. The van der Waals surface area contributed by atoms with Crippen LogP contribution in [0.4, 0.5) is 0 Å². The normalized spacial score (nSPS) is 10.9. The number of para-hydroxylation sites is 2. The van der Waals surface area contributed by atoms with E-state index in [1.54, 1.807) is 0 Å². The minimum atomic E-state index is 0.0275. The van der Waals surface area contributed by atoms with Crippen molar-refractivity contribution in [3.8, 4) is 0 Å². The monoisotopic (exact) mass is 265 g/mol. The SMILES string of the molecule is Cc1ccc(C(=O)Cc2nc3ccccc3o2)cc1C. The molecule has 3 heteroatoms. The quantitative estimate of drug-likeness (QED) is 0.675. The van der Waals surface area contributed by atoms with Crippen molar-refractivity contribution in [1.82, 2.24) is 4.98 Å². The van der Waals surface area contributed by atoms with E-state index < -0.39 is 0 Å². The standard InChI is InChI=1S/C17H15NO2/c1-11-7-8-13(9-12(11)2)15(19)10-17-18-14-5-3-4-6-16(14)20-17/h3-9H,10H2,1-2H3. The first kappa shape index (κ1) is 12.6. The lowest BCUT2D eigenvalue weighted by Crippen LogP contribution is -2.04. The first-order chi connectivity index (χ1) is 9.63. The molecule has 0 unspecified atom stereocenters. The van der Waals surface area contributed by atoms with E-state index in [1.165, 1.54) is 5.56 Å². The van der Waals surface area contributed by atoms with Gasteiger partial charge in [0, 0.05) is 5.56 Å². The van der Waals surface area contributed by atoms with Crippen LogP contribution in [-0.4, -0.2) is 10.8 Å². The highest BCUT2D eigenvalue weighted by Gasteiger charge is 2.12. The Morgan fingerprint density at radius 3 is 2.65 bits per heavy atom. The van der Waals surface area contributed by atoms with E-state index in [9.17, 15) is 4.79 Å². The van der Waals surface area contributed by atoms with Crippen molar-refractivity contribution >= 4 is 16.9 Å². The summed E-state index contributed by atoms with van der Waals surface area (Å²) < 4.78 is 5.58. The molecule has 0 aliphatic rings. The molecule has 0 fully saturated rings. The van der Waals surface area contributed by atoms with Gasteiger partial charge in [-0.3, -0.25) is 4.79 Å². The fourth-order valence-corrected chi connectivity index (χ4v) is 2.15. The zero-order valence-electron chi connectivity index (χ0n) is 11.5. The van der Waals surface area contributed by atoms with Gasteiger partial charge in [0.1, 0.15) is 5.52 Å². The van der Waals surface area contributed by atoms with Crippen LogP contribution in [0.5, 0.6) is 0 Å². The topological polar surface area (TPSA) is 43.1 Å². The van der Waals surface area contributed by atoms with Crippen LogP contribution in [0.3, 0.4) is 0 Å². The Balaban J connectivity index is 1.86. The van der Waals surface area contributed by atoms with Crippen LogP contribution in [-0.2, 0) is 6.42 Å². The summed E-state index contributed by atoms with van der Waals surface area (Å²) in [5.41, 5.74) is 4.51. The molecule has 1 aromatic heterocycles. The molecule has 0 radical (unpaired) electrons. The second kappa shape index (κ2) is 4.93.